The summed E-state index contributed by atoms with van der Waals surface area (Å²) in [4.78, 5) is 4.36. The van der Waals surface area contributed by atoms with Crippen molar-refractivity contribution < 1.29 is 11.3 Å². The molecule has 0 radical (unpaired) electrons. The molecule has 1 aromatic heterocycles. The van der Waals surface area contributed by atoms with Gasteiger partial charge in [-0.3, -0.25) is 0 Å². The molecule has 2 heteroatoms. The summed E-state index contributed by atoms with van der Waals surface area (Å²) in [6.45, 7) is 6.26. The van der Waals surface area contributed by atoms with E-state index in [0.29, 0.717) is 11.1 Å². The zero-order valence-corrected chi connectivity index (χ0v) is 11.1. The van der Waals surface area contributed by atoms with Crippen LogP contribution in [0.4, 0.5) is 0 Å². The Morgan fingerprint density at radius 2 is 1.84 bits per heavy atom. The lowest BCUT2D eigenvalue weighted by Crippen LogP contribution is -2.10. The Bertz CT molecular complexity index is 927. The van der Waals surface area contributed by atoms with E-state index in [2.05, 4.69) is 25.8 Å². The van der Waals surface area contributed by atoms with Gasteiger partial charge in [0.1, 0.15) is 5.52 Å². The number of aromatic nitrogens is 1. The zero-order valence-electron chi connectivity index (χ0n) is 16.1. The van der Waals surface area contributed by atoms with Gasteiger partial charge in [-0.2, -0.15) is 0 Å². The maximum Gasteiger partial charge on any atom is 0.227 e. The molecule has 0 saturated carbocycles. The highest BCUT2D eigenvalue weighted by molar-refractivity contribution is 5.77. The van der Waals surface area contributed by atoms with Crippen LogP contribution in [0.3, 0.4) is 0 Å². The van der Waals surface area contributed by atoms with Crippen LogP contribution in [0.2, 0.25) is 0 Å². The number of benzene rings is 2. The van der Waals surface area contributed by atoms with Crippen LogP contribution in [0.5, 0.6) is 0 Å². The van der Waals surface area contributed by atoms with E-state index in [1.54, 1.807) is 6.07 Å². The van der Waals surface area contributed by atoms with Crippen LogP contribution in [0.25, 0.3) is 22.6 Å². The van der Waals surface area contributed by atoms with E-state index in [0.717, 1.165) is 5.56 Å². The van der Waals surface area contributed by atoms with E-state index in [1.165, 1.54) is 0 Å². The number of fused-ring (bicyclic) bond motifs is 1. The van der Waals surface area contributed by atoms with Gasteiger partial charge in [0.05, 0.1) is 6.85 Å². The van der Waals surface area contributed by atoms with E-state index in [1.807, 2.05) is 12.1 Å². The third kappa shape index (κ3) is 2.26. The Balaban J connectivity index is 2.25. The molecule has 3 rings (SSSR count). The number of oxazole rings is 1. The number of hydrogen-bond acceptors (Lipinski definition) is 2. The van der Waals surface area contributed by atoms with Crippen molar-refractivity contribution >= 4 is 11.1 Å². The minimum Gasteiger partial charge on any atom is -0.436 e. The van der Waals surface area contributed by atoms with Crippen LogP contribution in [-0.4, -0.2) is 4.98 Å². The molecular weight excluding hydrogens is 234 g/mol. The summed E-state index contributed by atoms with van der Waals surface area (Å²) in [5.74, 6) is 0.0352. The molecule has 3 aromatic rings. The van der Waals surface area contributed by atoms with Crippen molar-refractivity contribution in [1.82, 2.24) is 4.98 Å². The van der Waals surface area contributed by atoms with Gasteiger partial charge >= 0.3 is 0 Å². The molecule has 2 aromatic carbocycles. The monoisotopic (exact) mass is 256 g/mol. The first-order valence-corrected chi connectivity index (χ1v) is 6.09. The highest BCUT2D eigenvalue weighted by Gasteiger charge is 2.16. The van der Waals surface area contributed by atoms with Crippen molar-refractivity contribution in [3.05, 3.63) is 54.0 Å². The molecule has 0 atom stereocenters. The van der Waals surface area contributed by atoms with E-state index in [-0.39, 0.29) is 29.0 Å². The maximum absolute atomic E-state index is 8.02. The number of hydrogen-bond donors (Lipinski definition) is 0. The topological polar surface area (TPSA) is 26.0 Å². The van der Waals surface area contributed by atoms with E-state index < -0.39 is 18.1 Å². The lowest BCUT2D eigenvalue weighted by molar-refractivity contribution is 0.590. The van der Waals surface area contributed by atoms with Gasteiger partial charge in [-0.05, 0) is 35.2 Å². The number of nitrogens with zero attached hydrogens (tertiary/aromatic N) is 1. The summed E-state index contributed by atoms with van der Waals surface area (Å²) < 4.78 is 44.9. The Kier molecular flexibility index (Phi) is 1.67. The first kappa shape index (κ1) is 7.49. The smallest absolute Gasteiger partial charge is 0.227 e. The molecule has 0 amide bonds. The molecule has 0 fully saturated rings. The molecule has 19 heavy (non-hydrogen) atoms. The van der Waals surface area contributed by atoms with Gasteiger partial charge in [-0.1, -0.05) is 45.0 Å². The van der Waals surface area contributed by atoms with Gasteiger partial charge in [-0.25, -0.2) is 4.98 Å². The minimum atomic E-state index is -0.431. The second-order valence-electron chi connectivity index (χ2n) is 5.45. The summed E-state index contributed by atoms with van der Waals surface area (Å²) in [5.41, 5.74) is 2.13. The van der Waals surface area contributed by atoms with Crippen LogP contribution in [0.1, 0.15) is 33.2 Å². The van der Waals surface area contributed by atoms with Gasteiger partial charge < -0.3 is 4.42 Å². The van der Waals surface area contributed by atoms with Crippen molar-refractivity contribution in [3.8, 4) is 11.5 Å². The fourth-order valence-electron chi connectivity index (χ4n) is 1.86. The Morgan fingerprint density at radius 1 is 1.11 bits per heavy atom. The predicted molar refractivity (Wildman–Crippen MR) is 78.1 cm³/mol. The van der Waals surface area contributed by atoms with Crippen LogP contribution in [0, 0.1) is 0 Å². The van der Waals surface area contributed by atoms with Crippen molar-refractivity contribution in [2.75, 3.05) is 0 Å². The highest BCUT2D eigenvalue weighted by atomic mass is 16.3. The van der Waals surface area contributed by atoms with Gasteiger partial charge in [0.25, 0.3) is 0 Å². The Morgan fingerprint density at radius 3 is 2.53 bits per heavy atom. The molecule has 0 aliphatic heterocycles. The Labute approximate surface area is 120 Å². The third-order valence-corrected chi connectivity index (χ3v) is 2.97. The molecule has 0 saturated heterocycles. The zero-order chi connectivity index (χ0) is 17.8. The average molecular weight is 256 g/mol. The fraction of sp³-hybridized carbons (Fsp3) is 0.235. The first-order valence-electron chi connectivity index (χ1n) is 8.59. The highest BCUT2D eigenvalue weighted by Crippen LogP contribution is 2.28. The molecule has 1 heterocycles. The lowest BCUT2D eigenvalue weighted by atomic mass is 9.87. The van der Waals surface area contributed by atoms with Gasteiger partial charge in [0.2, 0.25) is 5.89 Å². The van der Waals surface area contributed by atoms with Crippen molar-refractivity contribution in [3.63, 3.8) is 0 Å². The fourth-order valence-corrected chi connectivity index (χ4v) is 1.86. The second-order valence-corrected chi connectivity index (χ2v) is 5.45. The molecule has 0 unspecified atom stereocenters. The van der Waals surface area contributed by atoms with Gasteiger partial charge in [0.15, 0.2) is 5.58 Å². The van der Waals surface area contributed by atoms with E-state index in [9.17, 15) is 0 Å². The van der Waals surface area contributed by atoms with Crippen LogP contribution in [-0.2, 0) is 5.41 Å². The van der Waals surface area contributed by atoms with Crippen molar-refractivity contribution in [2.45, 2.75) is 26.2 Å². The molecule has 0 aliphatic carbocycles. The average Bonchev–Trinajstić information content (AvgIpc) is 2.93. The van der Waals surface area contributed by atoms with Crippen LogP contribution < -0.4 is 0 Å². The summed E-state index contributed by atoms with van der Waals surface area (Å²) in [5, 5.41) is 0. The predicted octanol–water partition coefficient (Wildman–Crippen LogP) is 4.79. The van der Waals surface area contributed by atoms with Crippen LogP contribution in [0.15, 0.2) is 52.8 Å². The summed E-state index contributed by atoms with van der Waals surface area (Å²) in [6, 6.07) is 3.78. The molecule has 0 spiro atoms. The quantitative estimate of drug-likeness (QED) is 0.625. The molecule has 0 bridgehead atoms. The lowest BCUT2D eigenvalue weighted by Gasteiger charge is -2.18. The first-order chi connectivity index (χ1) is 11.1. The Hall–Kier alpha value is -2.09. The molecule has 96 valence electrons. The summed E-state index contributed by atoms with van der Waals surface area (Å²) in [7, 11) is 0. The SMILES string of the molecule is [2H]c1c([2H])c([2H])c(-c2nc3cc(C(C)(C)C)ccc3o2)c([2H])c1[2H]. The van der Waals surface area contributed by atoms with Crippen LogP contribution >= 0.6 is 0 Å². The molecule has 0 N–H and O–H groups in total. The third-order valence-electron chi connectivity index (χ3n) is 2.97. The molecular formula is C17H17NO. The second kappa shape index (κ2) is 4.23. The van der Waals surface area contributed by atoms with Crippen molar-refractivity contribution in [1.29, 1.82) is 0 Å². The summed E-state index contributed by atoms with van der Waals surface area (Å²) >= 11 is 0. The standard InChI is InChI=1S/C17H17NO/c1-17(2,3)13-9-10-15-14(11-13)18-16(19-15)12-7-5-4-6-8-12/h4-11H,1-3H3/i4D,5D,6D,7D,8D. The van der Waals surface area contributed by atoms with Crippen molar-refractivity contribution in [2.24, 2.45) is 0 Å². The normalized spacial score (nSPS) is 15.6. The minimum absolute atomic E-state index is 0.0190. The van der Waals surface area contributed by atoms with E-state index >= 15 is 0 Å². The largest absolute Gasteiger partial charge is 0.436 e. The summed E-state index contributed by atoms with van der Waals surface area (Å²) in [6.07, 6.45) is 0. The van der Waals surface area contributed by atoms with Gasteiger partial charge in [0, 0.05) is 5.56 Å². The van der Waals surface area contributed by atoms with E-state index in [4.69, 9.17) is 11.3 Å². The molecule has 2 nitrogen and oxygen atoms in total. The molecule has 0 aliphatic rings. The number of rotatable bonds is 1. The maximum atomic E-state index is 8.02. The van der Waals surface area contributed by atoms with Gasteiger partial charge in [-0.15, -0.1) is 0 Å².